The fourth-order valence-electron chi connectivity index (χ4n) is 4.20. The van der Waals surface area contributed by atoms with Crippen molar-refractivity contribution in [2.45, 2.75) is 37.6 Å². The first kappa shape index (κ1) is 15.9. The summed E-state index contributed by atoms with van der Waals surface area (Å²) < 4.78 is 5.06. The Hall–Kier alpha value is -2.56. The average Bonchev–Trinajstić information content (AvgIpc) is 3.27. The highest BCUT2D eigenvalue weighted by Gasteiger charge is 2.45. The first-order chi connectivity index (χ1) is 12.2. The number of rotatable bonds is 3. The van der Waals surface area contributed by atoms with E-state index in [9.17, 15) is 4.79 Å². The highest BCUT2D eigenvalue weighted by atomic mass is 16.5. The number of aromatic nitrogens is 1. The van der Waals surface area contributed by atoms with Gasteiger partial charge in [-0.3, -0.25) is 4.90 Å². The number of pyridine rings is 1. The molecule has 0 unspecified atom stereocenters. The van der Waals surface area contributed by atoms with E-state index < -0.39 is 0 Å². The Balaban J connectivity index is 1.48. The predicted molar refractivity (Wildman–Crippen MR) is 97.0 cm³/mol. The molecule has 1 aromatic carbocycles. The summed E-state index contributed by atoms with van der Waals surface area (Å²) in [6.07, 6.45) is 6.59. The Morgan fingerprint density at radius 2 is 2.04 bits per heavy atom. The molecule has 2 aliphatic rings. The van der Waals surface area contributed by atoms with E-state index >= 15 is 0 Å². The molecular formula is C20H23N3O2. The van der Waals surface area contributed by atoms with E-state index in [2.05, 4.69) is 28.5 Å². The molecule has 25 heavy (non-hydrogen) atoms. The number of methoxy groups -OCH3 is 1. The van der Waals surface area contributed by atoms with Crippen LogP contribution in [0.2, 0.25) is 0 Å². The topological polar surface area (TPSA) is 54.5 Å². The third-order valence-corrected chi connectivity index (χ3v) is 5.48. The summed E-state index contributed by atoms with van der Waals surface area (Å²) in [5.41, 5.74) is 3.52. The second kappa shape index (κ2) is 6.39. The average molecular weight is 337 g/mol. The number of fused-ring (bicyclic) bond motifs is 2. The van der Waals surface area contributed by atoms with Gasteiger partial charge in [-0.2, -0.15) is 0 Å². The fraction of sp³-hybridized carbons (Fsp3) is 0.400. The van der Waals surface area contributed by atoms with E-state index in [0.717, 1.165) is 17.8 Å². The summed E-state index contributed by atoms with van der Waals surface area (Å²) >= 11 is 0. The second-order valence-electron chi connectivity index (χ2n) is 6.96. The largest absolute Gasteiger partial charge is 0.481 e. The van der Waals surface area contributed by atoms with Crippen molar-refractivity contribution >= 4 is 11.7 Å². The number of hydrogen-bond donors (Lipinski definition) is 1. The van der Waals surface area contributed by atoms with E-state index in [-0.39, 0.29) is 11.4 Å². The smallest absolute Gasteiger partial charge is 0.322 e. The van der Waals surface area contributed by atoms with Crippen LogP contribution in [0, 0.1) is 0 Å². The normalized spacial score (nSPS) is 17.6. The number of para-hydroxylation sites is 1. The van der Waals surface area contributed by atoms with Crippen LogP contribution in [0.3, 0.4) is 0 Å². The zero-order valence-corrected chi connectivity index (χ0v) is 14.5. The Labute approximate surface area is 148 Å². The molecule has 4 rings (SSSR count). The molecule has 0 saturated heterocycles. The van der Waals surface area contributed by atoms with Gasteiger partial charge >= 0.3 is 6.03 Å². The van der Waals surface area contributed by atoms with Crippen LogP contribution in [0.15, 0.2) is 42.6 Å². The van der Waals surface area contributed by atoms with Crippen molar-refractivity contribution in [2.24, 2.45) is 0 Å². The maximum atomic E-state index is 12.8. The molecule has 0 atom stereocenters. The molecule has 1 saturated carbocycles. The van der Waals surface area contributed by atoms with E-state index in [1.807, 2.05) is 17.0 Å². The lowest BCUT2D eigenvalue weighted by atomic mass is 9.81. The van der Waals surface area contributed by atoms with Crippen molar-refractivity contribution in [1.29, 1.82) is 0 Å². The van der Waals surface area contributed by atoms with E-state index in [0.29, 0.717) is 12.4 Å². The number of hydrogen-bond acceptors (Lipinski definition) is 3. The van der Waals surface area contributed by atoms with E-state index in [4.69, 9.17) is 4.74 Å². The van der Waals surface area contributed by atoms with Crippen LogP contribution in [-0.2, 0) is 12.0 Å². The molecule has 0 radical (unpaired) electrons. The van der Waals surface area contributed by atoms with E-state index in [1.54, 1.807) is 19.4 Å². The number of carbonyl (C=O) groups is 1. The number of anilines is 1. The van der Waals surface area contributed by atoms with Crippen molar-refractivity contribution in [2.75, 3.05) is 18.6 Å². The van der Waals surface area contributed by atoms with Gasteiger partial charge in [0.15, 0.2) is 0 Å². The summed E-state index contributed by atoms with van der Waals surface area (Å²) in [6.45, 7) is 1.25. The number of nitrogens with zero attached hydrogens (tertiary/aromatic N) is 2. The Bertz CT molecular complexity index is 767. The lowest BCUT2D eigenvalue weighted by Crippen LogP contribution is -2.41. The van der Waals surface area contributed by atoms with Gasteiger partial charge in [0.05, 0.1) is 7.11 Å². The van der Waals surface area contributed by atoms with Gasteiger partial charge in [-0.05, 0) is 30.0 Å². The highest BCUT2D eigenvalue weighted by molar-refractivity contribution is 5.95. The van der Waals surface area contributed by atoms with Crippen molar-refractivity contribution < 1.29 is 9.53 Å². The van der Waals surface area contributed by atoms with Crippen LogP contribution < -0.4 is 15.0 Å². The molecule has 1 aliphatic carbocycles. The molecule has 5 heteroatoms. The molecule has 0 bridgehead atoms. The summed E-state index contributed by atoms with van der Waals surface area (Å²) in [6, 6.07) is 12.1. The van der Waals surface area contributed by atoms with Crippen LogP contribution in [0.4, 0.5) is 10.5 Å². The molecule has 5 nitrogen and oxygen atoms in total. The van der Waals surface area contributed by atoms with Gasteiger partial charge in [-0.25, -0.2) is 9.78 Å². The molecule has 2 heterocycles. The number of urea groups is 1. The molecule has 130 valence electrons. The second-order valence-corrected chi connectivity index (χ2v) is 6.96. The van der Waals surface area contributed by atoms with Crippen LogP contribution >= 0.6 is 0 Å². The molecule has 1 N–H and O–H groups in total. The number of amides is 2. The standard InChI is InChI=1S/C20H23N3O2/c1-25-18-9-8-15(12-21-18)13-22-19(24)23-14-20(10-4-5-11-20)16-6-2-3-7-17(16)23/h2-3,6-9,12H,4-5,10-11,13-14H2,1H3,(H,22,24). The monoisotopic (exact) mass is 337 g/mol. The molecule has 2 aromatic rings. The molecule has 2 amide bonds. The van der Waals surface area contributed by atoms with Gasteiger partial charge in [-0.15, -0.1) is 0 Å². The summed E-state index contributed by atoms with van der Waals surface area (Å²) in [7, 11) is 1.59. The van der Waals surface area contributed by atoms with Crippen molar-refractivity contribution in [3.8, 4) is 5.88 Å². The number of ether oxygens (including phenoxy) is 1. The summed E-state index contributed by atoms with van der Waals surface area (Å²) in [5, 5.41) is 3.03. The maximum Gasteiger partial charge on any atom is 0.322 e. The Morgan fingerprint density at radius 3 is 2.76 bits per heavy atom. The van der Waals surface area contributed by atoms with Crippen molar-refractivity contribution in [3.05, 3.63) is 53.7 Å². The van der Waals surface area contributed by atoms with Gasteiger partial charge in [-0.1, -0.05) is 37.1 Å². The summed E-state index contributed by atoms with van der Waals surface area (Å²) in [4.78, 5) is 18.9. The van der Waals surface area contributed by atoms with Gasteiger partial charge in [0.25, 0.3) is 0 Å². The molecule has 1 aliphatic heterocycles. The van der Waals surface area contributed by atoms with Crippen molar-refractivity contribution in [1.82, 2.24) is 10.3 Å². The van der Waals surface area contributed by atoms with Crippen LogP contribution in [0.1, 0.15) is 36.8 Å². The molecular weight excluding hydrogens is 314 g/mol. The minimum absolute atomic E-state index is 0.0351. The fourth-order valence-corrected chi connectivity index (χ4v) is 4.20. The maximum absolute atomic E-state index is 12.8. The van der Waals surface area contributed by atoms with Crippen LogP contribution in [-0.4, -0.2) is 24.7 Å². The third-order valence-electron chi connectivity index (χ3n) is 5.48. The van der Waals surface area contributed by atoms with Gasteiger partial charge in [0.1, 0.15) is 0 Å². The van der Waals surface area contributed by atoms with Crippen LogP contribution in [0.25, 0.3) is 0 Å². The zero-order chi connectivity index (χ0) is 17.3. The number of nitrogens with one attached hydrogen (secondary N) is 1. The number of carbonyl (C=O) groups excluding carboxylic acids is 1. The van der Waals surface area contributed by atoms with Gasteiger partial charge in [0.2, 0.25) is 5.88 Å². The first-order valence-corrected chi connectivity index (χ1v) is 8.86. The highest BCUT2D eigenvalue weighted by Crippen LogP contribution is 2.50. The lowest BCUT2D eigenvalue weighted by molar-refractivity contribution is 0.245. The molecule has 1 aromatic heterocycles. The SMILES string of the molecule is COc1ccc(CNC(=O)N2CC3(CCCC3)c3ccccc32)cn1. The Morgan fingerprint density at radius 1 is 1.24 bits per heavy atom. The minimum Gasteiger partial charge on any atom is -0.481 e. The molecule has 1 spiro atoms. The molecule has 1 fully saturated rings. The lowest BCUT2D eigenvalue weighted by Gasteiger charge is -2.24. The predicted octanol–water partition coefficient (Wildman–Crippen LogP) is 3.63. The van der Waals surface area contributed by atoms with E-state index in [1.165, 1.54) is 31.2 Å². The quantitative estimate of drug-likeness (QED) is 0.930. The minimum atomic E-state index is -0.0351. The van der Waals surface area contributed by atoms with Gasteiger partial charge in [0, 0.05) is 36.5 Å². The number of benzene rings is 1. The first-order valence-electron chi connectivity index (χ1n) is 8.86. The summed E-state index contributed by atoms with van der Waals surface area (Å²) in [5.74, 6) is 0.576. The zero-order valence-electron chi connectivity index (χ0n) is 14.5. The van der Waals surface area contributed by atoms with Gasteiger partial charge < -0.3 is 10.1 Å². The van der Waals surface area contributed by atoms with Crippen LogP contribution in [0.5, 0.6) is 5.88 Å². The van der Waals surface area contributed by atoms with Crippen molar-refractivity contribution in [3.63, 3.8) is 0 Å². The Kier molecular flexibility index (Phi) is 4.07. The third kappa shape index (κ3) is 2.84.